The van der Waals surface area contributed by atoms with Crippen molar-refractivity contribution >= 4 is 23.2 Å². The highest BCUT2D eigenvalue weighted by Gasteiger charge is 2.41. The Hall–Kier alpha value is -1.43. The molecule has 1 aliphatic heterocycles. The Kier molecular flexibility index (Phi) is 4.13. The number of rotatable bonds is 3. The van der Waals surface area contributed by atoms with Crippen molar-refractivity contribution < 1.29 is 9.59 Å². The lowest BCUT2D eigenvalue weighted by molar-refractivity contribution is -0.139. The molecule has 5 nitrogen and oxygen atoms in total. The molecule has 0 radical (unpaired) electrons. The predicted octanol–water partition coefficient (Wildman–Crippen LogP) is 1.75. The zero-order chi connectivity index (χ0) is 14.9. The lowest BCUT2D eigenvalue weighted by Crippen LogP contribution is -2.53. The molecule has 1 aliphatic rings. The minimum Gasteiger partial charge on any atom is -0.344 e. The van der Waals surface area contributed by atoms with Crippen LogP contribution >= 0.6 is 11.3 Å². The summed E-state index contributed by atoms with van der Waals surface area (Å²) in [5, 5.41) is 5.63. The summed E-state index contributed by atoms with van der Waals surface area (Å²) in [5.41, 5.74) is -0.495. The van der Waals surface area contributed by atoms with Crippen LogP contribution in [-0.4, -0.2) is 34.3 Å². The van der Waals surface area contributed by atoms with E-state index in [1.807, 2.05) is 33.1 Å². The van der Waals surface area contributed by atoms with E-state index in [-0.39, 0.29) is 17.7 Å². The highest BCUT2D eigenvalue weighted by molar-refractivity contribution is 7.09. The number of carbonyl (C=O) groups excluding carboxylic acids is 2. The molecule has 1 saturated heterocycles. The number of hydrogen-bond acceptors (Lipinski definition) is 4. The second-order valence-corrected chi connectivity index (χ2v) is 6.82. The number of thiazole rings is 1. The predicted molar refractivity (Wildman–Crippen MR) is 78.2 cm³/mol. The van der Waals surface area contributed by atoms with Crippen LogP contribution in [0.25, 0.3) is 0 Å². The van der Waals surface area contributed by atoms with E-state index in [1.165, 1.54) is 11.3 Å². The summed E-state index contributed by atoms with van der Waals surface area (Å²) in [6.45, 7) is 8.29. The fourth-order valence-corrected chi connectivity index (χ4v) is 3.22. The van der Waals surface area contributed by atoms with Crippen molar-refractivity contribution in [2.24, 2.45) is 5.92 Å². The van der Waals surface area contributed by atoms with Crippen LogP contribution in [0.5, 0.6) is 0 Å². The van der Waals surface area contributed by atoms with Gasteiger partial charge in [-0.05, 0) is 19.8 Å². The van der Waals surface area contributed by atoms with E-state index in [0.29, 0.717) is 13.0 Å². The van der Waals surface area contributed by atoms with Crippen molar-refractivity contribution in [1.82, 2.24) is 15.2 Å². The Balaban J connectivity index is 2.34. The SMILES string of the molecule is CC(C)C1NC(=O)CCN(C(C)(C)c2nccs2)C1=O. The van der Waals surface area contributed by atoms with Gasteiger partial charge in [0.1, 0.15) is 11.0 Å². The molecule has 1 fully saturated rings. The molecule has 110 valence electrons. The molecule has 6 heteroatoms. The van der Waals surface area contributed by atoms with Gasteiger partial charge >= 0.3 is 0 Å². The molecule has 2 amide bonds. The van der Waals surface area contributed by atoms with Crippen molar-refractivity contribution in [3.05, 3.63) is 16.6 Å². The van der Waals surface area contributed by atoms with Crippen LogP contribution in [0.4, 0.5) is 0 Å². The minimum atomic E-state index is -0.495. The summed E-state index contributed by atoms with van der Waals surface area (Å²) in [5.74, 6) is -0.0142. The van der Waals surface area contributed by atoms with Gasteiger partial charge in [-0.1, -0.05) is 13.8 Å². The van der Waals surface area contributed by atoms with Gasteiger partial charge < -0.3 is 10.2 Å². The number of carbonyl (C=O) groups is 2. The maximum absolute atomic E-state index is 12.8. The molecule has 1 N–H and O–H groups in total. The first-order chi connectivity index (χ1) is 9.34. The molecular weight excluding hydrogens is 274 g/mol. The fourth-order valence-electron chi connectivity index (χ4n) is 2.45. The standard InChI is InChI=1S/C14H21N3O2S/c1-9(2)11-12(19)17(7-5-10(18)16-11)14(3,4)13-15-6-8-20-13/h6,8-9,11H,5,7H2,1-4H3,(H,16,18). The van der Waals surface area contributed by atoms with Crippen LogP contribution < -0.4 is 5.32 Å². The van der Waals surface area contributed by atoms with Crippen molar-refractivity contribution in [2.45, 2.75) is 45.7 Å². The molecular formula is C14H21N3O2S. The number of nitrogens with zero attached hydrogens (tertiary/aromatic N) is 2. The van der Waals surface area contributed by atoms with Crippen molar-refractivity contribution in [2.75, 3.05) is 6.54 Å². The zero-order valence-electron chi connectivity index (χ0n) is 12.3. The number of hydrogen-bond donors (Lipinski definition) is 1. The van der Waals surface area contributed by atoms with Gasteiger partial charge in [-0.25, -0.2) is 4.98 Å². The normalized spacial score (nSPS) is 21.1. The Morgan fingerprint density at radius 2 is 2.15 bits per heavy atom. The van der Waals surface area contributed by atoms with Crippen LogP contribution in [0.1, 0.15) is 39.1 Å². The van der Waals surface area contributed by atoms with Crippen LogP contribution in [0.2, 0.25) is 0 Å². The van der Waals surface area contributed by atoms with Crippen LogP contribution in [0.3, 0.4) is 0 Å². The molecule has 0 bridgehead atoms. The first-order valence-corrected chi connectivity index (χ1v) is 7.73. The summed E-state index contributed by atoms with van der Waals surface area (Å²) in [7, 11) is 0. The maximum Gasteiger partial charge on any atom is 0.246 e. The van der Waals surface area contributed by atoms with Crippen molar-refractivity contribution in [3.63, 3.8) is 0 Å². The van der Waals surface area contributed by atoms with Crippen LogP contribution in [0.15, 0.2) is 11.6 Å². The van der Waals surface area contributed by atoms with Crippen molar-refractivity contribution in [1.29, 1.82) is 0 Å². The van der Waals surface area contributed by atoms with Gasteiger partial charge in [0, 0.05) is 24.5 Å². The molecule has 0 spiro atoms. The molecule has 20 heavy (non-hydrogen) atoms. The molecule has 1 atom stereocenters. The summed E-state index contributed by atoms with van der Waals surface area (Å²) in [6, 6.07) is -0.454. The molecule has 1 aromatic rings. The first kappa shape index (κ1) is 15.0. The largest absolute Gasteiger partial charge is 0.344 e. The minimum absolute atomic E-state index is 0.0222. The average Bonchev–Trinajstić information content (AvgIpc) is 2.84. The number of aromatic nitrogens is 1. The number of amides is 2. The van der Waals surface area contributed by atoms with Crippen LogP contribution in [0, 0.1) is 5.92 Å². The molecule has 0 saturated carbocycles. The average molecular weight is 295 g/mol. The summed E-state index contributed by atoms with van der Waals surface area (Å²) < 4.78 is 0. The van der Waals surface area contributed by atoms with Gasteiger partial charge in [-0.2, -0.15) is 0 Å². The highest BCUT2D eigenvalue weighted by atomic mass is 32.1. The topological polar surface area (TPSA) is 62.3 Å². The van der Waals surface area contributed by atoms with E-state index in [9.17, 15) is 9.59 Å². The van der Waals surface area contributed by atoms with Gasteiger partial charge in [-0.15, -0.1) is 11.3 Å². The maximum atomic E-state index is 12.8. The monoisotopic (exact) mass is 295 g/mol. The third-order valence-corrected chi connectivity index (χ3v) is 4.79. The quantitative estimate of drug-likeness (QED) is 0.924. The van der Waals surface area contributed by atoms with E-state index in [4.69, 9.17) is 0 Å². The van der Waals surface area contributed by atoms with Gasteiger partial charge in [0.05, 0.1) is 5.54 Å². The lowest BCUT2D eigenvalue weighted by atomic mass is 9.98. The fraction of sp³-hybridized carbons (Fsp3) is 0.643. The van der Waals surface area contributed by atoms with E-state index in [2.05, 4.69) is 10.3 Å². The molecule has 0 aliphatic carbocycles. The van der Waals surface area contributed by atoms with E-state index < -0.39 is 11.6 Å². The third kappa shape index (κ3) is 2.70. The molecule has 2 heterocycles. The Morgan fingerprint density at radius 3 is 2.70 bits per heavy atom. The molecule has 2 rings (SSSR count). The second-order valence-electron chi connectivity index (χ2n) is 5.93. The Morgan fingerprint density at radius 1 is 1.45 bits per heavy atom. The van der Waals surface area contributed by atoms with Gasteiger partial charge in [0.2, 0.25) is 11.8 Å². The van der Waals surface area contributed by atoms with E-state index >= 15 is 0 Å². The molecule has 1 unspecified atom stereocenters. The Bertz CT molecular complexity index is 497. The van der Waals surface area contributed by atoms with Gasteiger partial charge in [-0.3, -0.25) is 9.59 Å². The summed E-state index contributed by atoms with van der Waals surface area (Å²) in [6.07, 6.45) is 2.08. The molecule has 1 aromatic heterocycles. The zero-order valence-corrected chi connectivity index (χ0v) is 13.2. The second kappa shape index (κ2) is 5.52. The smallest absolute Gasteiger partial charge is 0.246 e. The lowest BCUT2D eigenvalue weighted by Gasteiger charge is -2.38. The van der Waals surface area contributed by atoms with Crippen molar-refractivity contribution in [3.8, 4) is 0 Å². The summed E-state index contributed by atoms with van der Waals surface area (Å²) >= 11 is 1.53. The number of nitrogens with one attached hydrogen (secondary N) is 1. The third-order valence-electron chi connectivity index (χ3n) is 3.71. The van der Waals surface area contributed by atoms with Gasteiger partial charge in [0.25, 0.3) is 0 Å². The first-order valence-electron chi connectivity index (χ1n) is 6.85. The molecule has 0 aromatic carbocycles. The van der Waals surface area contributed by atoms with Crippen LogP contribution in [-0.2, 0) is 15.1 Å². The van der Waals surface area contributed by atoms with E-state index in [0.717, 1.165) is 5.01 Å². The van der Waals surface area contributed by atoms with E-state index in [1.54, 1.807) is 11.1 Å². The highest BCUT2D eigenvalue weighted by Crippen LogP contribution is 2.31. The van der Waals surface area contributed by atoms with Gasteiger partial charge in [0.15, 0.2) is 0 Å². The Labute approximate surface area is 123 Å². The summed E-state index contributed by atoms with van der Waals surface area (Å²) in [4.78, 5) is 30.7.